The topological polar surface area (TPSA) is 43.1 Å². The van der Waals surface area contributed by atoms with Gasteiger partial charge in [0.15, 0.2) is 17.4 Å². The number of ketones is 1. The molecular formula is C8H6ClF2NO. The Morgan fingerprint density at radius 2 is 2.08 bits per heavy atom. The van der Waals surface area contributed by atoms with Gasteiger partial charge in [-0.05, 0) is 12.1 Å². The predicted molar refractivity (Wildman–Crippen MR) is 45.8 cm³/mol. The van der Waals surface area contributed by atoms with Crippen LogP contribution in [0.15, 0.2) is 12.1 Å². The highest BCUT2D eigenvalue weighted by Gasteiger charge is 2.17. The van der Waals surface area contributed by atoms with E-state index < -0.39 is 28.9 Å². The minimum absolute atomic E-state index is 0.107. The van der Waals surface area contributed by atoms with Crippen molar-refractivity contribution >= 4 is 23.1 Å². The zero-order chi connectivity index (χ0) is 10.0. The molecule has 1 aromatic carbocycles. The Morgan fingerprint density at radius 1 is 1.46 bits per heavy atom. The number of nitrogens with two attached hydrogens (primary N) is 1. The Kier molecular flexibility index (Phi) is 2.83. The molecule has 0 saturated carbocycles. The summed E-state index contributed by atoms with van der Waals surface area (Å²) in [5.41, 5.74) is 4.70. The standard InChI is InChI=1S/C8H6ClF2NO/c9-3-6(13)7-5(12)2-1-4(10)8(7)11/h1-2H,3,12H2. The van der Waals surface area contributed by atoms with Gasteiger partial charge >= 0.3 is 0 Å². The molecule has 1 aromatic rings. The van der Waals surface area contributed by atoms with E-state index in [-0.39, 0.29) is 5.69 Å². The van der Waals surface area contributed by atoms with Crippen LogP contribution in [0.4, 0.5) is 14.5 Å². The Hall–Kier alpha value is -1.16. The van der Waals surface area contributed by atoms with Crippen molar-refractivity contribution in [3.63, 3.8) is 0 Å². The molecule has 0 aromatic heterocycles. The monoisotopic (exact) mass is 205 g/mol. The van der Waals surface area contributed by atoms with Crippen molar-refractivity contribution in [1.29, 1.82) is 0 Å². The Balaban J connectivity index is 3.33. The van der Waals surface area contributed by atoms with Crippen molar-refractivity contribution in [3.05, 3.63) is 29.3 Å². The molecule has 0 radical (unpaired) electrons. The fourth-order valence-corrected chi connectivity index (χ4v) is 1.05. The van der Waals surface area contributed by atoms with Crippen LogP contribution in [0.1, 0.15) is 10.4 Å². The summed E-state index contributed by atoms with van der Waals surface area (Å²) in [6.07, 6.45) is 0. The highest BCUT2D eigenvalue weighted by Crippen LogP contribution is 2.19. The lowest BCUT2D eigenvalue weighted by molar-refractivity contribution is 0.101. The van der Waals surface area contributed by atoms with E-state index in [0.717, 1.165) is 12.1 Å². The van der Waals surface area contributed by atoms with Crippen molar-refractivity contribution in [2.45, 2.75) is 0 Å². The molecule has 0 heterocycles. The summed E-state index contributed by atoms with van der Waals surface area (Å²) < 4.78 is 25.6. The highest BCUT2D eigenvalue weighted by atomic mass is 35.5. The van der Waals surface area contributed by atoms with Gasteiger partial charge in [-0.1, -0.05) is 0 Å². The summed E-state index contributed by atoms with van der Waals surface area (Å²) in [5, 5.41) is 0. The summed E-state index contributed by atoms with van der Waals surface area (Å²) in [6.45, 7) is 0. The van der Waals surface area contributed by atoms with E-state index in [1.165, 1.54) is 0 Å². The predicted octanol–water partition coefficient (Wildman–Crippen LogP) is 1.97. The molecule has 0 amide bonds. The molecule has 0 aliphatic rings. The van der Waals surface area contributed by atoms with Crippen LogP contribution >= 0.6 is 11.6 Å². The van der Waals surface area contributed by atoms with E-state index in [4.69, 9.17) is 17.3 Å². The first-order valence-electron chi connectivity index (χ1n) is 3.40. The fourth-order valence-electron chi connectivity index (χ4n) is 0.916. The average molecular weight is 206 g/mol. The first-order chi connectivity index (χ1) is 6.07. The summed E-state index contributed by atoms with van der Waals surface area (Å²) >= 11 is 5.19. The number of nitrogen functional groups attached to an aromatic ring is 1. The number of Topliss-reactive ketones (excluding diaryl/α,β-unsaturated/α-hetero) is 1. The summed E-state index contributed by atoms with van der Waals surface area (Å²) in [5.74, 6) is -3.51. The van der Waals surface area contributed by atoms with Gasteiger partial charge < -0.3 is 5.73 Å². The van der Waals surface area contributed by atoms with E-state index in [9.17, 15) is 13.6 Å². The van der Waals surface area contributed by atoms with Crippen molar-refractivity contribution in [3.8, 4) is 0 Å². The number of alkyl halides is 1. The maximum atomic E-state index is 13.0. The number of anilines is 1. The van der Waals surface area contributed by atoms with E-state index in [2.05, 4.69) is 0 Å². The molecule has 0 saturated heterocycles. The quantitative estimate of drug-likeness (QED) is 0.456. The summed E-state index contributed by atoms with van der Waals surface area (Å²) in [6, 6.07) is 1.98. The molecule has 0 unspecified atom stereocenters. The summed E-state index contributed by atoms with van der Waals surface area (Å²) in [7, 11) is 0. The molecule has 5 heteroatoms. The second kappa shape index (κ2) is 3.70. The number of halogens is 3. The molecule has 0 atom stereocenters. The van der Waals surface area contributed by atoms with Crippen molar-refractivity contribution in [2.24, 2.45) is 0 Å². The molecule has 0 aliphatic carbocycles. The maximum absolute atomic E-state index is 13.0. The van der Waals surface area contributed by atoms with Crippen molar-refractivity contribution in [2.75, 3.05) is 11.6 Å². The van der Waals surface area contributed by atoms with Gasteiger partial charge in [0.25, 0.3) is 0 Å². The Labute approximate surface area is 78.3 Å². The normalized spacial score (nSPS) is 10.1. The van der Waals surface area contributed by atoms with Crippen LogP contribution < -0.4 is 5.73 Å². The SMILES string of the molecule is Nc1ccc(F)c(F)c1C(=O)CCl. The van der Waals surface area contributed by atoms with Crippen LogP contribution in [-0.4, -0.2) is 11.7 Å². The van der Waals surface area contributed by atoms with Gasteiger partial charge in [0.05, 0.1) is 11.4 Å². The van der Waals surface area contributed by atoms with E-state index in [0.29, 0.717) is 0 Å². The molecule has 70 valence electrons. The lowest BCUT2D eigenvalue weighted by Crippen LogP contribution is -2.09. The first kappa shape index (κ1) is 9.92. The number of benzene rings is 1. The van der Waals surface area contributed by atoms with Gasteiger partial charge in [0.1, 0.15) is 0 Å². The van der Waals surface area contributed by atoms with Crippen LogP contribution in [0.25, 0.3) is 0 Å². The lowest BCUT2D eigenvalue weighted by atomic mass is 10.1. The Bertz CT molecular complexity index is 354. The van der Waals surface area contributed by atoms with Gasteiger partial charge in [-0.2, -0.15) is 0 Å². The molecule has 1 rings (SSSR count). The van der Waals surface area contributed by atoms with Gasteiger partial charge in [-0.15, -0.1) is 11.6 Å². The smallest absolute Gasteiger partial charge is 0.182 e. The summed E-state index contributed by atoms with van der Waals surface area (Å²) in [4.78, 5) is 11.0. The zero-order valence-electron chi connectivity index (χ0n) is 6.48. The molecule has 0 bridgehead atoms. The molecule has 2 N–H and O–H groups in total. The van der Waals surface area contributed by atoms with Crippen molar-refractivity contribution in [1.82, 2.24) is 0 Å². The van der Waals surface area contributed by atoms with Crippen LogP contribution in [0, 0.1) is 11.6 Å². The van der Waals surface area contributed by atoms with Crippen LogP contribution in [0.3, 0.4) is 0 Å². The zero-order valence-corrected chi connectivity index (χ0v) is 7.24. The number of hydrogen-bond donors (Lipinski definition) is 1. The van der Waals surface area contributed by atoms with Gasteiger partial charge in [0.2, 0.25) is 0 Å². The van der Waals surface area contributed by atoms with Crippen LogP contribution in [-0.2, 0) is 0 Å². The molecule has 0 fully saturated rings. The molecule has 0 aliphatic heterocycles. The van der Waals surface area contributed by atoms with E-state index in [1.54, 1.807) is 0 Å². The third kappa shape index (κ3) is 1.78. The van der Waals surface area contributed by atoms with E-state index in [1.807, 2.05) is 0 Å². The van der Waals surface area contributed by atoms with Crippen LogP contribution in [0.2, 0.25) is 0 Å². The molecular weight excluding hydrogens is 200 g/mol. The van der Waals surface area contributed by atoms with Gasteiger partial charge in [-0.3, -0.25) is 4.79 Å². The third-order valence-electron chi connectivity index (χ3n) is 1.53. The molecule has 2 nitrogen and oxygen atoms in total. The fraction of sp³-hybridized carbons (Fsp3) is 0.125. The Morgan fingerprint density at radius 3 is 2.62 bits per heavy atom. The number of rotatable bonds is 2. The van der Waals surface area contributed by atoms with Crippen LogP contribution in [0.5, 0.6) is 0 Å². The second-order valence-electron chi connectivity index (χ2n) is 2.38. The minimum atomic E-state index is -1.24. The van der Waals surface area contributed by atoms with Gasteiger partial charge in [-0.25, -0.2) is 8.78 Å². The minimum Gasteiger partial charge on any atom is -0.398 e. The largest absolute Gasteiger partial charge is 0.398 e. The highest BCUT2D eigenvalue weighted by molar-refractivity contribution is 6.31. The lowest BCUT2D eigenvalue weighted by Gasteiger charge is -2.04. The average Bonchev–Trinajstić information content (AvgIpc) is 2.12. The second-order valence-corrected chi connectivity index (χ2v) is 2.65. The number of hydrogen-bond acceptors (Lipinski definition) is 2. The third-order valence-corrected chi connectivity index (χ3v) is 1.77. The first-order valence-corrected chi connectivity index (χ1v) is 3.94. The maximum Gasteiger partial charge on any atom is 0.182 e. The number of carbonyl (C=O) groups excluding carboxylic acids is 1. The molecule has 13 heavy (non-hydrogen) atoms. The number of carbonyl (C=O) groups is 1. The van der Waals surface area contributed by atoms with Gasteiger partial charge in [0, 0.05) is 5.69 Å². The van der Waals surface area contributed by atoms with E-state index >= 15 is 0 Å². The molecule has 0 spiro atoms. The van der Waals surface area contributed by atoms with Crippen molar-refractivity contribution < 1.29 is 13.6 Å².